The van der Waals surface area contributed by atoms with E-state index in [1.54, 1.807) is 18.2 Å². The highest BCUT2D eigenvalue weighted by Crippen LogP contribution is 2.33. The van der Waals surface area contributed by atoms with E-state index in [0.29, 0.717) is 22.7 Å². The zero-order valence-corrected chi connectivity index (χ0v) is 13.4. The Hall–Kier alpha value is -2.69. The highest BCUT2D eigenvalue weighted by molar-refractivity contribution is 5.96. The van der Waals surface area contributed by atoms with Crippen LogP contribution < -0.4 is 5.32 Å². The summed E-state index contributed by atoms with van der Waals surface area (Å²) >= 11 is 0. The summed E-state index contributed by atoms with van der Waals surface area (Å²) in [5.74, 6) is 0.225. The second-order valence-corrected chi connectivity index (χ2v) is 6.34. The molecular formula is C19H18FN3O. The Morgan fingerprint density at radius 3 is 2.75 bits per heavy atom. The molecule has 3 aromatic rings. The number of nitrogens with zero attached hydrogens (tertiary/aromatic N) is 2. The Bertz CT molecular complexity index is 928. The third-order valence-corrected chi connectivity index (χ3v) is 4.61. The summed E-state index contributed by atoms with van der Waals surface area (Å²) in [6.45, 7) is 1.97. The van der Waals surface area contributed by atoms with Crippen molar-refractivity contribution in [2.45, 2.75) is 26.2 Å². The zero-order chi connectivity index (χ0) is 16.7. The Morgan fingerprint density at radius 1 is 1.25 bits per heavy atom. The summed E-state index contributed by atoms with van der Waals surface area (Å²) < 4.78 is 16.1. The highest BCUT2D eigenvalue weighted by Gasteiger charge is 2.27. The Labute approximate surface area is 139 Å². The number of imidazole rings is 1. The smallest absolute Gasteiger partial charge is 0.228 e. The van der Waals surface area contributed by atoms with Gasteiger partial charge in [0.1, 0.15) is 23.0 Å². The summed E-state index contributed by atoms with van der Waals surface area (Å²) in [6, 6.07) is 10.3. The van der Waals surface area contributed by atoms with Gasteiger partial charge in [0.15, 0.2) is 0 Å². The molecule has 0 bridgehead atoms. The molecule has 0 atom stereocenters. The van der Waals surface area contributed by atoms with Crippen molar-refractivity contribution in [3.63, 3.8) is 0 Å². The first kappa shape index (κ1) is 14.9. The van der Waals surface area contributed by atoms with Crippen LogP contribution in [-0.4, -0.2) is 15.3 Å². The van der Waals surface area contributed by atoms with E-state index in [9.17, 15) is 9.18 Å². The molecule has 1 aromatic carbocycles. The molecule has 1 fully saturated rings. The minimum Gasteiger partial charge on any atom is -0.310 e. The van der Waals surface area contributed by atoms with E-state index in [0.717, 1.165) is 24.8 Å². The standard InChI is InChI=1S/C19H18FN3O/c1-12-9-10-16-21-17(14-7-2-3-8-15(14)20)18(23(16)11-12)22-19(24)13-5-4-6-13/h2-3,7-11,13H,4-6H2,1H3,(H,22,24). The molecule has 24 heavy (non-hydrogen) atoms. The van der Waals surface area contributed by atoms with Gasteiger partial charge >= 0.3 is 0 Å². The van der Waals surface area contributed by atoms with Gasteiger partial charge < -0.3 is 5.32 Å². The van der Waals surface area contributed by atoms with Gasteiger partial charge in [-0.15, -0.1) is 0 Å². The van der Waals surface area contributed by atoms with Crippen molar-refractivity contribution in [3.05, 3.63) is 54.0 Å². The number of halogens is 1. The minimum absolute atomic E-state index is 0.0119. The fourth-order valence-electron chi connectivity index (χ4n) is 3.00. The molecule has 0 spiro atoms. The van der Waals surface area contributed by atoms with E-state index in [1.807, 2.05) is 29.7 Å². The second kappa shape index (κ2) is 5.74. The number of anilines is 1. The van der Waals surface area contributed by atoms with E-state index in [-0.39, 0.29) is 17.6 Å². The molecule has 1 N–H and O–H groups in total. The van der Waals surface area contributed by atoms with E-state index in [1.165, 1.54) is 6.07 Å². The lowest BCUT2D eigenvalue weighted by molar-refractivity contribution is -0.122. The molecule has 1 aliphatic carbocycles. The predicted molar refractivity (Wildman–Crippen MR) is 91.3 cm³/mol. The number of aryl methyl sites for hydroxylation is 1. The minimum atomic E-state index is -0.350. The molecule has 4 nitrogen and oxygen atoms in total. The first-order chi connectivity index (χ1) is 11.6. The summed E-state index contributed by atoms with van der Waals surface area (Å²) in [5, 5.41) is 2.98. The first-order valence-electron chi connectivity index (χ1n) is 8.18. The molecule has 0 saturated heterocycles. The SMILES string of the molecule is Cc1ccc2nc(-c3ccccc3F)c(NC(=O)C3CCC3)n2c1. The average molecular weight is 323 g/mol. The summed E-state index contributed by atoms with van der Waals surface area (Å²) in [6.07, 6.45) is 4.82. The van der Waals surface area contributed by atoms with Gasteiger partial charge in [-0.3, -0.25) is 9.20 Å². The van der Waals surface area contributed by atoms with Gasteiger partial charge in [0.25, 0.3) is 0 Å². The number of rotatable bonds is 3. The lowest BCUT2D eigenvalue weighted by Gasteiger charge is -2.24. The number of benzene rings is 1. The van der Waals surface area contributed by atoms with E-state index in [2.05, 4.69) is 10.3 Å². The fourth-order valence-corrected chi connectivity index (χ4v) is 3.00. The molecule has 2 aromatic heterocycles. The molecule has 122 valence electrons. The molecule has 1 amide bonds. The third-order valence-electron chi connectivity index (χ3n) is 4.61. The number of amides is 1. The highest BCUT2D eigenvalue weighted by atomic mass is 19.1. The lowest BCUT2D eigenvalue weighted by atomic mass is 9.85. The molecule has 0 radical (unpaired) electrons. The van der Waals surface area contributed by atoms with Crippen molar-refractivity contribution >= 4 is 17.4 Å². The van der Waals surface area contributed by atoms with Crippen LogP contribution in [0.2, 0.25) is 0 Å². The maximum Gasteiger partial charge on any atom is 0.228 e. The maximum atomic E-state index is 14.3. The van der Waals surface area contributed by atoms with Gasteiger partial charge in [-0.1, -0.05) is 24.6 Å². The zero-order valence-electron chi connectivity index (χ0n) is 13.4. The number of hydrogen-bond acceptors (Lipinski definition) is 2. The van der Waals surface area contributed by atoms with Gasteiger partial charge in [0, 0.05) is 17.7 Å². The van der Waals surface area contributed by atoms with Crippen LogP contribution in [0.3, 0.4) is 0 Å². The number of pyridine rings is 1. The number of carbonyl (C=O) groups excluding carboxylic acids is 1. The van der Waals surface area contributed by atoms with Crippen LogP contribution in [0, 0.1) is 18.7 Å². The van der Waals surface area contributed by atoms with Gasteiger partial charge in [-0.2, -0.15) is 0 Å². The van der Waals surface area contributed by atoms with Crippen LogP contribution in [-0.2, 0) is 4.79 Å². The van der Waals surface area contributed by atoms with Crippen molar-refractivity contribution in [1.29, 1.82) is 0 Å². The summed E-state index contributed by atoms with van der Waals surface area (Å²) in [7, 11) is 0. The molecule has 0 aliphatic heterocycles. The van der Waals surface area contributed by atoms with Gasteiger partial charge in [-0.05, 0) is 43.5 Å². The predicted octanol–water partition coefficient (Wildman–Crippen LogP) is 4.19. The van der Waals surface area contributed by atoms with Crippen LogP contribution in [0.1, 0.15) is 24.8 Å². The Kier molecular flexibility index (Phi) is 3.56. The summed E-state index contributed by atoms with van der Waals surface area (Å²) in [5.41, 5.74) is 2.58. The topological polar surface area (TPSA) is 46.4 Å². The second-order valence-electron chi connectivity index (χ2n) is 6.34. The molecule has 0 unspecified atom stereocenters. The number of aromatic nitrogens is 2. The normalized spacial score (nSPS) is 14.6. The van der Waals surface area contributed by atoms with Crippen LogP contribution in [0.5, 0.6) is 0 Å². The molecule has 2 heterocycles. The average Bonchev–Trinajstić information content (AvgIpc) is 2.84. The number of hydrogen-bond donors (Lipinski definition) is 1. The largest absolute Gasteiger partial charge is 0.310 e. The van der Waals surface area contributed by atoms with E-state index >= 15 is 0 Å². The van der Waals surface area contributed by atoms with Gasteiger partial charge in [0.05, 0.1) is 0 Å². The monoisotopic (exact) mass is 323 g/mol. The Balaban J connectivity index is 1.87. The lowest BCUT2D eigenvalue weighted by Crippen LogP contribution is -2.28. The quantitative estimate of drug-likeness (QED) is 0.785. The van der Waals surface area contributed by atoms with Gasteiger partial charge in [0.2, 0.25) is 5.91 Å². The van der Waals surface area contributed by atoms with Gasteiger partial charge in [-0.25, -0.2) is 9.37 Å². The van der Waals surface area contributed by atoms with Crippen molar-refractivity contribution in [1.82, 2.24) is 9.38 Å². The fraction of sp³-hybridized carbons (Fsp3) is 0.263. The summed E-state index contributed by atoms with van der Waals surface area (Å²) in [4.78, 5) is 17.0. The third kappa shape index (κ3) is 2.46. The molecule has 5 heteroatoms. The van der Waals surface area contributed by atoms with E-state index in [4.69, 9.17) is 0 Å². The van der Waals surface area contributed by atoms with Crippen LogP contribution in [0.25, 0.3) is 16.9 Å². The van der Waals surface area contributed by atoms with E-state index < -0.39 is 0 Å². The number of fused-ring (bicyclic) bond motifs is 1. The molecule has 1 aliphatic rings. The van der Waals surface area contributed by atoms with Crippen LogP contribution >= 0.6 is 0 Å². The van der Waals surface area contributed by atoms with Crippen molar-refractivity contribution in [2.24, 2.45) is 5.92 Å². The molecular weight excluding hydrogens is 305 g/mol. The van der Waals surface area contributed by atoms with Crippen LogP contribution in [0.15, 0.2) is 42.6 Å². The molecule has 4 rings (SSSR count). The number of carbonyl (C=O) groups is 1. The Morgan fingerprint density at radius 2 is 2.04 bits per heavy atom. The van der Waals surface area contributed by atoms with Crippen LogP contribution in [0.4, 0.5) is 10.2 Å². The van der Waals surface area contributed by atoms with Crippen molar-refractivity contribution < 1.29 is 9.18 Å². The van der Waals surface area contributed by atoms with Crippen molar-refractivity contribution in [2.75, 3.05) is 5.32 Å². The first-order valence-corrected chi connectivity index (χ1v) is 8.18. The molecule has 1 saturated carbocycles. The number of nitrogens with one attached hydrogen (secondary N) is 1. The maximum absolute atomic E-state index is 14.3. The van der Waals surface area contributed by atoms with Crippen molar-refractivity contribution in [3.8, 4) is 11.3 Å².